The molecule has 0 spiro atoms. The highest BCUT2D eigenvalue weighted by molar-refractivity contribution is 5.94. The number of ether oxygens (including phenoxy) is 2. The summed E-state index contributed by atoms with van der Waals surface area (Å²) in [5, 5.41) is 0. The molecule has 0 unspecified atom stereocenters. The molecule has 3 rings (SSSR count). The van der Waals surface area contributed by atoms with E-state index in [2.05, 4.69) is 0 Å². The fourth-order valence-electron chi connectivity index (χ4n) is 3.59. The first-order valence-electron chi connectivity index (χ1n) is 10.9. The molecule has 2 aromatic carbocycles. The van der Waals surface area contributed by atoms with Gasteiger partial charge in [-0.25, -0.2) is 4.39 Å². The summed E-state index contributed by atoms with van der Waals surface area (Å²) in [5.74, 6) is -0.711. The monoisotopic (exact) mass is 456 g/mol. The van der Waals surface area contributed by atoms with E-state index in [0.29, 0.717) is 37.4 Å². The maximum atomic E-state index is 14.4. The molecule has 8 heteroatoms. The number of carbonyl (C=O) groups is 3. The van der Waals surface area contributed by atoms with Crippen molar-refractivity contribution >= 4 is 23.3 Å². The number of carbonyl (C=O) groups excluding carboxylic acids is 3. The molecule has 33 heavy (non-hydrogen) atoms. The number of amides is 1. The minimum atomic E-state index is -0.500. The van der Waals surface area contributed by atoms with Crippen LogP contribution in [-0.4, -0.2) is 62.0 Å². The van der Waals surface area contributed by atoms with Gasteiger partial charge in [0.05, 0.1) is 18.7 Å². The highest BCUT2D eigenvalue weighted by atomic mass is 19.1. The number of ketones is 1. The van der Waals surface area contributed by atoms with Crippen LogP contribution in [0, 0.1) is 19.7 Å². The minimum absolute atomic E-state index is 0.0456. The fraction of sp³-hybridized carbons (Fsp3) is 0.400. The SMILES string of the molecule is CC(=O)c1ccc(N2CCN(C(=O)COC(=O)CCOc3cc(C)ccc3C)CC2)c(F)c1. The molecule has 1 aliphatic heterocycles. The molecule has 0 saturated carbocycles. The van der Waals surface area contributed by atoms with Gasteiger partial charge in [0.1, 0.15) is 11.6 Å². The Kier molecular flexibility index (Phi) is 8.03. The van der Waals surface area contributed by atoms with E-state index in [-0.39, 0.29) is 31.3 Å². The van der Waals surface area contributed by atoms with Crippen LogP contribution in [0.1, 0.15) is 34.8 Å². The van der Waals surface area contributed by atoms with Crippen molar-refractivity contribution in [3.8, 4) is 5.75 Å². The van der Waals surface area contributed by atoms with Crippen molar-refractivity contribution in [2.75, 3.05) is 44.3 Å². The van der Waals surface area contributed by atoms with Crippen molar-refractivity contribution in [2.45, 2.75) is 27.2 Å². The number of anilines is 1. The van der Waals surface area contributed by atoms with E-state index < -0.39 is 11.8 Å². The Labute approximate surface area is 193 Å². The largest absolute Gasteiger partial charge is 0.493 e. The molecule has 7 nitrogen and oxygen atoms in total. The van der Waals surface area contributed by atoms with Gasteiger partial charge >= 0.3 is 5.97 Å². The molecule has 2 aromatic rings. The third-order valence-electron chi connectivity index (χ3n) is 5.59. The number of Topliss-reactive ketones (excluding diaryl/α,β-unsaturated/α-hetero) is 1. The minimum Gasteiger partial charge on any atom is -0.493 e. The van der Waals surface area contributed by atoms with E-state index in [1.54, 1.807) is 17.0 Å². The van der Waals surface area contributed by atoms with E-state index in [9.17, 15) is 18.8 Å². The van der Waals surface area contributed by atoms with Gasteiger partial charge in [-0.3, -0.25) is 14.4 Å². The number of benzene rings is 2. The summed E-state index contributed by atoms with van der Waals surface area (Å²) in [5.41, 5.74) is 2.78. The maximum Gasteiger partial charge on any atom is 0.309 e. The summed E-state index contributed by atoms with van der Waals surface area (Å²) in [6, 6.07) is 10.3. The lowest BCUT2D eigenvalue weighted by Crippen LogP contribution is -2.50. The van der Waals surface area contributed by atoms with Crippen LogP contribution in [0.3, 0.4) is 0 Å². The number of piperazine rings is 1. The second kappa shape index (κ2) is 10.9. The standard InChI is InChI=1S/C25H29FN2O5/c1-17-4-5-18(2)23(14-17)32-13-8-25(31)33-16-24(30)28-11-9-27(10-12-28)22-7-6-20(19(3)29)15-21(22)26/h4-7,14-15H,8-13,16H2,1-3H3. The first kappa shape index (κ1) is 24.2. The Balaban J connectivity index is 1.40. The van der Waals surface area contributed by atoms with Crippen LogP contribution in [0.2, 0.25) is 0 Å². The average molecular weight is 457 g/mol. The first-order chi connectivity index (χ1) is 15.7. The van der Waals surface area contributed by atoms with Crippen LogP contribution in [-0.2, 0) is 14.3 Å². The molecular weight excluding hydrogens is 427 g/mol. The molecule has 0 atom stereocenters. The molecule has 176 valence electrons. The Morgan fingerprint density at radius 3 is 2.39 bits per heavy atom. The van der Waals surface area contributed by atoms with Gasteiger partial charge in [-0.05, 0) is 56.2 Å². The van der Waals surface area contributed by atoms with Gasteiger partial charge in [0.15, 0.2) is 12.4 Å². The summed E-state index contributed by atoms with van der Waals surface area (Å²) in [6.45, 7) is 6.80. The summed E-state index contributed by atoms with van der Waals surface area (Å²) in [6.07, 6.45) is 0.0456. The second-order valence-corrected chi connectivity index (χ2v) is 8.12. The molecule has 0 aromatic heterocycles. The molecule has 0 N–H and O–H groups in total. The zero-order chi connectivity index (χ0) is 24.0. The first-order valence-corrected chi connectivity index (χ1v) is 10.9. The van der Waals surface area contributed by atoms with Gasteiger partial charge in [-0.1, -0.05) is 12.1 Å². The number of hydrogen-bond acceptors (Lipinski definition) is 6. The Bertz CT molecular complexity index is 1030. The Morgan fingerprint density at radius 2 is 1.73 bits per heavy atom. The third kappa shape index (κ3) is 6.54. The lowest BCUT2D eigenvalue weighted by atomic mass is 10.1. The second-order valence-electron chi connectivity index (χ2n) is 8.12. The van der Waals surface area contributed by atoms with Crippen LogP contribution in [0.5, 0.6) is 5.75 Å². The van der Waals surface area contributed by atoms with Crippen LogP contribution >= 0.6 is 0 Å². The topological polar surface area (TPSA) is 76.2 Å². The van der Waals surface area contributed by atoms with Crippen molar-refractivity contribution in [3.05, 3.63) is 58.9 Å². The van der Waals surface area contributed by atoms with Gasteiger partial charge in [0.25, 0.3) is 5.91 Å². The third-order valence-corrected chi connectivity index (χ3v) is 5.59. The van der Waals surface area contributed by atoms with Crippen molar-refractivity contribution in [1.29, 1.82) is 0 Å². The number of rotatable bonds is 8. The van der Waals surface area contributed by atoms with Crippen molar-refractivity contribution < 1.29 is 28.2 Å². The zero-order valence-electron chi connectivity index (χ0n) is 19.2. The highest BCUT2D eigenvalue weighted by Gasteiger charge is 2.24. The summed E-state index contributed by atoms with van der Waals surface area (Å²) < 4.78 is 25.1. The summed E-state index contributed by atoms with van der Waals surface area (Å²) in [7, 11) is 0. The van der Waals surface area contributed by atoms with Gasteiger partial charge in [-0.2, -0.15) is 0 Å². The van der Waals surface area contributed by atoms with E-state index in [4.69, 9.17) is 9.47 Å². The van der Waals surface area contributed by atoms with Gasteiger partial charge in [-0.15, -0.1) is 0 Å². The molecule has 0 aliphatic carbocycles. The Hall–Kier alpha value is -3.42. The smallest absolute Gasteiger partial charge is 0.309 e. The zero-order valence-corrected chi connectivity index (χ0v) is 19.2. The summed E-state index contributed by atoms with van der Waals surface area (Å²) in [4.78, 5) is 39.2. The fourth-order valence-corrected chi connectivity index (χ4v) is 3.59. The summed E-state index contributed by atoms with van der Waals surface area (Å²) >= 11 is 0. The quantitative estimate of drug-likeness (QED) is 0.448. The van der Waals surface area contributed by atoms with E-state index in [1.807, 2.05) is 36.9 Å². The lowest BCUT2D eigenvalue weighted by Gasteiger charge is -2.36. The lowest BCUT2D eigenvalue weighted by molar-refractivity contribution is -0.152. The van der Waals surface area contributed by atoms with Crippen molar-refractivity contribution in [3.63, 3.8) is 0 Å². The maximum absolute atomic E-state index is 14.4. The molecule has 1 amide bonds. The van der Waals surface area contributed by atoms with Crippen molar-refractivity contribution in [2.24, 2.45) is 0 Å². The predicted molar refractivity (Wildman–Crippen MR) is 122 cm³/mol. The highest BCUT2D eigenvalue weighted by Crippen LogP contribution is 2.22. The predicted octanol–water partition coefficient (Wildman–Crippen LogP) is 3.31. The van der Waals surface area contributed by atoms with E-state index >= 15 is 0 Å². The molecule has 1 heterocycles. The van der Waals surface area contributed by atoms with Crippen molar-refractivity contribution in [1.82, 2.24) is 4.90 Å². The molecule has 0 bridgehead atoms. The number of esters is 1. The van der Waals surface area contributed by atoms with Crippen LogP contribution < -0.4 is 9.64 Å². The van der Waals surface area contributed by atoms with Gasteiger partial charge < -0.3 is 19.3 Å². The van der Waals surface area contributed by atoms with Crippen LogP contribution in [0.15, 0.2) is 36.4 Å². The number of nitrogens with zero attached hydrogens (tertiary/aromatic N) is 2. The van der Waals surface area contributed by atoms with Gasteiger partial charge in [0.2, 0.25) is 0 Å². The van der Waals surface area contributed by atoms with Crippen LogP contribution in [0.4, 0.5) is 10.1 Å². The Morgan fingerprint density at radius 1 is 1.00 bits per heavy atom. The average Bonchev–Trinajstić information content (AvgIpc) is 2.79. The van der Waals surface area contributed by atoms with E-state index in [0.717, 1.165) is 16.9 Å². The number of halogens is 1. The van der Waals surface area contributed by atoms with Crippen LogP contribution in [0.25, 0.3) is 0 Å². The van der Waals surface area contributed by atoms with Gasteiger partial charge in [0, 0.05) is 31.7 Å². The van der Waals surface area contributed by atoms with E-state index in [1.165, 1.54) is 13.0 Å². The number of hydrogen-bond donors (Lipinski definition) is 0. The number of aryl methyl sites for hydroxylation is 2. The molecule has 0 radical (unpaired) electrons. The molecule has 1 aliphatic rings. The molecule has 1 saturated heterocycles. The normalized spacial score (nSPS) is 13.6. The molecule has 1 fully saturated rings. The molecular formula is C25H29FN2O5.